The first-order chi connectivity index (χ1) is 20.0. The number of aromatic nitrogens is 4. The van der Waals surface area contributed by atoms with Crippen LogP contribution >= 0.6 is 11.6 Å². The maximum absolute atomic E-state index is 12.9. The number of anilines is 2. The van der Waals surface area contributed by atoms with Crippen LogP contribution in [0, 0.1) is 0 Å². The Morgan fingerprint density at radius 1 is 1.12 bits per heavy atom. The molecule has 3 aromatic heterocycles. The Morgan fingerprint density at radius 3 is 2.63 bits per heavy atom. The lowest BCUT2D eigenvalue weighted by atomic mass is 10.1. The summed E-state index contributed by atoms with van der Waals surface area (Å²) < 4.78 is 5.47. The third kappa shape index (κ3) is 5.92. The molecule has 6 rings (SSSR count). The fraction of sp³-hybridized carbons (Fsp3) is 0.276. The minimum Gasteiger partial charge on any atom is -0.378 e. The minimum atomic E-state index is -0.349. The van der Waals surface area contributed by atoms with Gasteiger partial charge < -0.3 is 25.3 Å². The number of benzene rings is 1. The quantitative estimate of drug-likeness (QED) is 0.217. The van der Waals surface area contributed by atoms with E-state index in [-0.39, 0.29) is 28.7 Å². The van der Waals surface area contributed by atoms with Crippen molar-refractivity contribution in [1.82, 2.24) is 30.2 Å². The molecule has 1 aromatic carbocycles. The number of pyridine rings is 1. The highest BCUT2D eigenvalue weighted by molar-refractivity contribution is 6.30. The smallest absolute Gasteiger partial charge is 0.274 e. The number of likely N-dealkylation sites (tertiary alicyclic amines) is 1. The number of carbonyl (C=O) groups excluding carboxylic acids is 2. The zero-order chi connectivity index (χ0) is 28.3. The summed E-state index contributed by atoms with van der Waals surface area (Å²) in [4.78, 5) is 45.3. The van der Waals surface area contributed by atoms with E-state index >= 15 is 0 Å². The van der Waals surface area contributed by atoms with Crippen molar-refractivity contribution in [1.29, 1.82) is 0 Å². The average Bonchev–Trinajstić information content (AvgIpc) is 3.42. The molecule has 12 heteroatoms. The predicted octanol–water partition coefficient (Wildman–Crippen LogP) is 3.25. The number of H-pyrrole nitrogens is 1. The van der Waals surface area contributed by atoms with Crippen LogP contribution in [0.1, 0.15) is 16.1 Å². The second kappa shape index (κ2) is 11.7. The monoisotopic (exact) mass is 572 g/mol. The van der Waals surface area contributed by atoms with Crippen LogP contribution in [0.3, 0.4) is 0 Å². The third-order valence-electron chi connectivity index (χ3n) is 7.21. The van der Waals surface area contributed by atoms with E-state index in [1.54, 1.807) is 12.4 Å². The Morgan fingerprint density at radius 2 is 1.90 bits per heavy atom. The van der Waals surface area contributed by atoms with Crippen molar-refractivity contribution >= 4 is 46.0 Å². The Balaban J connectivity index is 1.08. The number of hydrogen-bond acceptors (Lipinski definition) is 8. The van der Waals surface area contributed by atoms with Gasteiger partial charge in [-0.1, -0.05) is 36.4 Å². The van der Waals surface area contributed by atoms with Crippen molar-refractivity contribution in [3.05, 3.63) is 77.9 Å². The molecule has 0 atom stereocenters. The molecular weight excluding hydrogens is 544 g/mol. The fourth-order valence-corrected chi connectivity index (χ4v) is 5.25. The molecule has 2 saturated heterocycles. The zero-order valence-electron chi connectivity index (χ0n) is 22.3. The number of aromatic amines is 1. The van der Waals surface area contributed by atoms with Crippen LogP contribution in [0.15, 0.2) is 61.4 Å². The Labute approximate surface area is 241 Å². The molecule has 2 aliphatic rings. The van der Waals surface area contributed by atoms with Gasteiger partial charge in [0.05, 0.1) is 24.6 Å². The lowest BCUT2D eigenvalue weighted by molar-refractivity contribution is -0.118. The van der Waals surface area contributed by atoms with Crippen molar-refractivity contribution < 1.29 is 14.3 Å². The topological polar surface area (TPSA) is 128 Å². The molecule has 0 saturated carbocycles. The maximum atomic E-state index is 12.9. The number of nitrogens with zero attached hydrogens (tertiary/aromatic N) is 5. The number of amides is 2. The number of hydrogen-bond donors (Lipinski definition) is 3. The second-order valence-electron chi connectivity index (χ2n) is 10.0. The first-order valence-electron chi connectivity index (χ1n) is 13.4. The van der Waals surface area contributed by atoms with Gasteiger partial charge in [0.1, 0.15) is 28.6 Å². The van der Waals surface area contributed by atoms with Gasteiger partial charge in [0.2, 0.25) is 5.91 Å². The van der Waals surface area contributed by atoms with E-state index < -0.39 is 0 Å². The Hall–Kier alpha value is -4.32. The molecule has 41 heavy (non-hydrogen) atoms. The van der Waals surface area contributed by atoms with E-state index in [1.165, 1.54) is 6.08 Å². The van der Waals surface area contributed by atoms with Gasteiger partial charge in [-0.3, -0.25) is 14.5 Å². The van der Waals surface area contributed by atoms with E-state index in [0.29, 0.717) is 25.4 Å². The molecule has 210 valence electrons. The van der Waals surface area contributed by atoms with Gasteiger partial charge in [-0.05, 0) is 35.9 Å². The van der Waals surface area contributed by atoms with Crippen LogP contribution in [0.25, 0.3) is 22.3 Å². The molecule has 3 N–H and O–H groups in total. The normalized spacial score (nSPS) is 15.9. The molecule has 2 aliphatic heterocycles. The third-order valence-corrected chi connectivity index (χ3v) is 7.54. The first kappa shape index (κ1) is 26.9. The largest absolute Gasteiger partial charge is 0.378 e. The van der Waals surface area contributed by atoms with Crippen LogP contribution in [0.4, 0.5) is 11.5 Å². The Bertz CT molecular complexity index is 1590. The highest BCUT2D eigenvalue weighted by Crippen LogP contribution is 2.30. The van der Waals surface area contributed by atoms with Crippen molar-refractivity contribution in [2.24, 2.45) is 0 Å². The van der Waals surface area contributed by atoms with Gasteiger partial charge >= 0.3 is 0 Å². The van der Waals surface area contributed by atoms with Gasteiger partial charge in [0, 0.05) is 49.7 Å². The summed E-state index contributed by atoms with van der Waals surface area (Å²) >= 11 is 6.40. The zero-order valence-corrected chi connectivity index (χ0v) is 23.0. The molecule has 4 aromatic rings. The summed E-state index contributed by atoms with van der Waals surface area (Å²) in [5.41, 5.74) is 4.33. The molecule has 5 heterocycles. The Kier molecular flexibility index (Phi) is 7.64. The van der Waals surface area contributed by atoms with Crippen LogP contribution in [0.5, 0.6) is 0 Å². The molecule has 0 radical (unpaired) electrons. The summed E-state index contributed by atoms with van der Waals surface area (Å²) in [7, 11) is 0. The number of fused-ring (bicyclic) bond motifs is 1. The van der Waals surface area contributed by atoms with E-state index in [2.05, 4.69) is 53.0 Å². The van der Waals surface area contributed by atoms with Crippen molar-refractivity contribution in [3.63, 3.8) is 0 Å². The molecular formula is C29H29ClN8O3. The highest BCUT2D eigenvalue weighted by atomic mass is 35.5. The average molecular weight is 573 g/mol. The van der Waals surface area contributed by atoms with E-state index in [0.717, 1.165) is 59.9 Å². The van der Waals surface area contributed by atoms with Crippen LogP contribution < -0.4 is 15.5 Å². The standard InChI is InChI=1S/C29H29ClN8O3/c1-2-25(39)33-21-15-37(16-21)14-19-5-8-23(35-26(19)30)29(40)34-20-6-3-18(4-7-20)24-13-22-27(36-24)31-17-32-28(22)38-9-11-41-12-10-38/h2-8,13,17,21H,1,9-12,14-16H2,(H,33,39)(H,34,40)(H,31,32,36). The number of morpholine rings is 1. The fourth-order valence-electron chi connectivity index (χ4n) is 5.04. The van der Waals surface area contributed by atoms with Gasteiger partial charge in [-0.15, -0.1) is 0 Å². The van der Waals surface area contributed by atoms with E-state index in [4.69, 9.17) is 16.3 Å². The van der Waals surface area contributed by atoms with Gasteiger partial charge in [-0.2, -0.15) is 0 Å². The minimum absolute atomic E-state index is 0.0981. The molecule has 2 amide bonds. The summed E-state index contributed by atoms with van der Waals surface area (Å²) in [5.74, 6) is 0.372. The first-order valence-corrected chi connectivity index (χ1v) is 13.7. The maximum Gasteiger partial charge on any atom is 0.274 e. The summed E-state index contributed by atoms with van der Waals surface area (Å²) in [6.45, 7) is 8.43. The number of halogens is 1. The van der Waals surface area contributed by atoms with Crippen molar-refractivity contribution in [3.8, 4) is 11.3 Å². The molecule has 0 unspecified atom stereocenters. The number of rotatable bonds is 8. The van der Waals surface area contributed by atoms with Gasteiger partial charge in [0.15, 0.2) is 0 Å². The molecule has 0 aliphatic carbocycles. The summed E-state index contributed by atoms with van der Waals surface area (Å²) in [5, 5.41) is 6.99. The SMILES string of the molecule is C=CC(=O)NC1CN(Cc2ccc(C(=O)Nc3ccc(-c4cc5c(N6CCOCC6)ncnc5[nH]4)cc3)nc2Cl)C1. The summed E-state index contributed by atoms with van der Waals surface area (Å²) in [6.07, 6.45) is 2.84. The van der Waals surface area contributed by atoms with Crippen molar-refractivity contribution in [2.75, 3.05) is 49.6 Å². The van der Waals surface area contributed by atoms with E-state index in [9.17, 15) is 9.59 Å². The second-order valence-corrected chi connectivity index (χ2v) is 10.4. The molecule has 0 bridgehead atoms. The predicted molar refractivity (Wildman–Crippen MR) is 157 cm³/mol. The lowest BCUT2D eigenvalue weighted by Gasteiger charge is -2.39. The lowest BCUT2D eigenvalue weighted by Crippen LogP contribution is -2.58. The van der Waals surface area contributed by atoms with Crippen LogP contribution in [0.2, 0.25) is 5.15 Å². The van der Waals surface area contributed by atoms with Crippen molar-refractivity contribution in [2.45, 2.75) is 12.6 Å². The van der Waals surface area contributed by atoms with Gasteiger partial charge in [-0.25, -0.2) is 15.0 Å². The molecule has 11 nitrogen and oxygen atoms in total. The number of nitrogens with one attached hydrogen (secondary N) is 3. The number of carbonyl (C=O) groups is 2. The van der Waals surface area contributed by atoms with Gasteiger partial charge in [0.25, 0.3) is 5.91 Å². The number of ether oxygens (including phenoxy) is 1. The summed E-state index contributed by atoms with van der Waals surface area (Å²) in [6, 6.07) is 13.2. The van der Waals surface area contributed by atoms with Crippen LogP contribution in [-0.4, -0.2) is 82.1 Å². The molecule has 0 spiro atoms. The van der Waals surface area contributed by atoms with Crippen LogP contribution in [-0.2, 0) is 16.1 Å². The molecule has 2 fully saturated rings. The highest BCUT2D eigenvalue weighted by Gasteiger charge is 2.28. The van der Waals surface area contributed by atoms with E-state index in [1.807, 2.05) is 30.3 Å².